The normalized spacial score (nSPS) is 16.3. The lowest BCUT2D eigenvalue weighted by molar-refractivity contribution is 0.102. The molecular weight excluding hydrogens is 276 g/mol. The van der Waals surface area contributed by atoms with Gasteiger partial charge in [-0.25, -0.2) is 0 Å². The Morgan fingerprint density at radius 2 is 2.15 bits per heavy atom. The number of rotatable bonds is 4. The maximum atomic E-state index is 11.7. The van der Waals surface area contributed by atoms with Gasteiger partial charge in [0.05, 0.1) is 23.3 Å². The Labute approximate surface area is 123 Å². The zero-order chi connectivity index (χ0) is 14.7. The van der Waals surface area contributed by atoms with Crippen LogP contribution in [-0.4, -0.2) is 38.2 Å². The highest BCUT2D eigenvalue weighted by Gasteiger charge is 2.25. The average Bonchev–Trinajstić information content (AvgIpc) is 2.57. The second-order valence-corrected chi connectivity index (χ2v) is 6.15. The van der Waals surface area contributed by atoms with Crippen LogP contribution in [0.1, 0.15) is 36.9 Å². The monoisotopic (exact) mass is 298 g/mol. The van der Waals surface area contributed by atoms with E-state index in [1.54, 1.807) is 0 Å². The third-order valence-electron chi connectivity index (χ3n) is 3.07. The highest BCUT2D eigenvalue weighted by molar-refractivity contribution is 7.19. The van der Waals surface area contributed by atoms with Gasteiger partial charge in [-0.1, -0.05) is 0 Å². The van der Waals surface area contributed by atoms with Crippen molar-refractivity contribution in [3.63, 3.8) is 0 Å². The topological polar surface area (TPSA) is 64.8 Å². The molecule has 0 unspecified atom stereocenters. The number of hydrogen-bond donors (Lipinski definition) is 1. The van der Waals surface area contributed by atoms with Crippen LogP contribution in [0.25, 0.3) is 0 Å². The third kappa shape index (κ3) is 3.24. The Hall–Kier alpha value is -1.27. The Kier molecular flexibility index (Phi) is 4.88. The molecule has 1 saturated heterocycles. The fraction of sp³-hybridized carbons (Fsp3) is 0.643. The summed E-state index contributed by atoms with van der Waals surface area (Å²) in [5.74, 6) is 0.635. The van der Waals surface area contributed by atoms with E-state index in [0.29, 0.717) is 22.9 Å². The Morgan fingerprint density at radius 1 is 1.40 bits per heavy atom. The number of nitrogen functional groups attached to an aromatic ring is 1. The summed E-state index contributed by atoms with van der Waals surface area (Å²) >= 11 is 1.42. The highest BCUT2D eigenvalue weighted by Crippen LogP contribution is 2.45. The van der Waals surface area contributed by atoms with Gasteiger partial charge in [0.15, 0.2) is 11.5 Å². The second-order valence-electron chi connectivity index (χ2n) is 5.15. The van der Waals surface area contributed by atoms with Crippen LogP contribution < -0.4 is 15.4 Å². The molecule has 2 heterocycles. The van der Waals surface area contributed by atoms with Crippen molar-refractivity contribution < 1.29 is 14.3 Å². The van der Waals surface area contributed by atoms with E-state index in [2.05, 4.69) is 4.90 Å². The number of carbonyl (C=O) groups is 1. The van der Waals surface area contributed by atoms with Gasteiger partial charge in [-0.05, 0) is 20.3 Å². The minimum Gasteiger partial charge on any atom is -0.486 e. The molecule has 112 valence electrons. The maximum Gasteiger partial charge on any atom is 0.177 e. The summed E-state index contributed by atoms with van der Waals surface area (Å²) in [5.41, 5.74) is 6.57. The van der Waals surface area contributed by atoms with Crippen LogP contribution in [0.2, 0.25) is 0 Å². The predicted molar refractivity (Wildman–Crippen MR) is 82.1 cm³/mol. The van der Waals surface area contributed by atoms with Crippen LogP contribution in [0.15, 0.2) is 0 Å². The zero-order valence-electron chi connectivity index (χ0n) is 12.3. The fourth-order valence-electron chi connectivity index (χ4n) is 2.18. The van der Waals surface area contributed by atoms with Gasteiger partial charge >= 0.3 is 0 Å². The van der Waals surface area contributed by atoms with Gasteiger partial charge in [0.2, 0.25) is 0 Å². The van der Waals surface area contributed by atoms with E-state index in [0.717, 1.165) is 31.1 Å². The first-order valence-corrected chi connectivity index (χ1v) is 7.75. The van der Waals surface area contributed by atoms with Crippen molar-refractivity contribution >= 4 is 27.8 Å². The molecular formula is C14H22N2O3S. The highest BCUT2D eigenvalue weighted by atomic mass is 32.1. The summed E-state index contributed by atoms with van der Waals surface area (Å²) in [6.07, 6.45) is 0.989. The summed E-state index contributed by atoms with van der Waals surface area (Å²) < 4.78 is 11.3. The standard InChI is InChI=1S/C14H22N2O3S/c1-9(2)19-12-11(15)13(10(3)17)20-14(12)16-5-4-7-18-8-6-16/h9H,4-8,15H2,1-3H3. The van der Waals surface area contributed by atoms with Gasteiger partial charge in [-0.15, -0.1) is 11.3 Å². The summed E-state index contributed by atoms with van der Waals surface area (Å²) in [6.45, 7) is 8.61. The summed E-state index contributed by atoms with van der Waals surface area (Å²) in [4.78, 5) is 14.5. The molecule has 0 spiro atoms. The van der Waals surface area contributed by atoms with Crippen molar-refractivity contribution in [2.24, 2.45) is 0 Å². The molecule has 0 amide bonds. The number of nitrogens with two attached hydrogens (primary N) is 1. The lowest BCUT2D eigenvalue weighted by Gasteiger charge is -2.22. The lowest BCUT2D eigenvalue weighted by Crippen LogP contribution is -2.25. The van der Waals surface area contributed by atoms with Crippen molar-refractivity contribution in [1.29, 1.82) is 0 Å². The number of anilines is 2. The largest absolute Gasteiger partial charge is 0.486 e. The molecule has 0 aliphatic carbocycles. The summed E-state index contributed by atoms with van der Waals surface area (Å²) in [5, 5.41) is 0.951. The van der Waals surface area contributed by atoms with Crippen LogP contribution in [0.3, 0.4) is 0 Å². The predicted octanol–water partition coefficient (Wildman–Crippen LogP) is 2.55. The van der Waals surface area contributed by atoms with Crippen LogP contribution >= 0.6 is 11.3 Å². The van der Waals surface area contributed by atoms with Gasteiger partial charge in [0.25, 0.3) is 0 Å². The molecule has 5 nitrogen and oxygen atoms in total. The zero-order valence-corrected chi connectivity index (χ0v) is 13.1. The van der Waals surface area contributed by atoms with Crippen LogP contribution in [0.4, 0.5) is 10.7 Å². The smallest absolute Gasteiger partial charge is 0.177 e. The van der Waals surface area contributed by atoms with E-state index in [1.165, 1.54) is 18.3 Å². The van der Waals surface area contributed by atoms with Crippen molar-refractivity contribution in [3.05, 3.63) is 4.88 Å². The summed E-state index contributed by atoms with van der Waals surface area (Å²) in [7, 11) is 0. The minimum atomic E-state index is -0.0153. The van der Waals surface area contributed by atoms with Crippen LogP contribution in [0, 0.1) is 0 Å². The van der Waals surface area contributed by atoms with Gasteiger partial charge in [0, 0.05) is 26.6 Å². The molecule has 0 bridgehead atoms. The number of Topliss-reactive ketones (excluding diaryl/α,β-unsaturated/α-hetero) is 1. The van der Waals surface area contributed by atoms with Crippen molar-refractivity contribution in [3.8, 4) is 5.75 Å². The average molecular weight is 298 g/mol. The number of nitrogens with zero attached hydrogens (tertiary/aromatic N) is 1. The van der Waals surface area contributed by atoms with Crippen molar-refractivity contribution in [1.82, 2.24) is 0 Å². The van der Waals surface area contributed by atoms with Crippen molar-refractivity contribution in [2.75, 3.05) is 36.9 Å². The molecule has 1 aliphatic rings. The van der Waals surface area contributed by atoms with E-state index in [-0.39, 0.29) is 11.9 Å². The molecule has 2 N–H and O–H groups in total. The number of ketones is 1. The molecule has 0 atom stereocenters. The maximum absolute atomic E-state index is 11.7. The molecule has 0 radical (unpaired) electrons. The lowest BCUT2D eigenvalue weighted by atomic mass is 10.3. The number of thiophene rings is 1. The number of ether oxygens (including phenoxy) is 2. The minimum absolute atomic E-state index is 0.0153. The molecule has 0 aromatic carbocycles. The van der Waals surface area contributed by atoms with E-state index >= 15 is 0 Å². The second kappa shape index (κ2) is 6.45. The molecule has 20 heavy (non-hydrogen) atoms. The molecule has 1 aromatic heterocycles. The number of carbonyl (C=O) groups excluding carboxylic acids is 1. The first-order valence-electron chi connectivity index (χ1n) is 6.93. The first kappa shape index (κ1) is 15.1. The van der Waals surface area contributed by atoms with Gasteiger partial charge in [-0.3, -0.25) is 4.79 Å². The number of hydrogen-bond acceptors (Lipinski definition) is 6. The molecule has 0 saturated carbocycles. The quantitative estimate of drug-likeness (QED) is 0.865. The SMILES string of the molecule is CC(=O)c1sc(N2CCCOCC2)c(OC(C)C)c1N. The van der Waals surface area contributed by atoms with E-state index in [1.807, 2.05) is 13.8 Å². The van der Waals surface area contributed by atoms with E-state index in [4.69, 9.17) is 15.2 Å². The molecule has 6 heteroatoms. The van der Waals surface area contributed by atoms with Gasteiger partial charge < -0.3 is 20.1 Å². The Bertz CT molecular complexity index is 477. The molecule has 2 rings (SSSR count). The molecule has 1 aromatic rings. The van der Waals surface area contributed by atoms with Gasteiger partial charge in [-0.2, -0.15) is 0 Å². The van der Waals surface area contributed by atoms with E-state index in [9.17, 15) is 4.79 Å². The van der Waals surface area contributed by atoms with Crippen LogP contribution in [0.5, 0.6) is 5.75 Å². The van der Waals surface area contributed by atoms with Crippen molar-refractivity contribution in [2.45, 2.75) is 33.3 Å². The molecule has 1 aliphatic heterocycles. The third-order valence-corrected chi connectivity index (χ3v) is 4.41. The van der Waals surface area contributed by atoms with Gasteiger partial charge in [0.1, 0.15) is 5.00 Å². The fourth-order valence-corrected chi connectivity index (χ4v) is 3.29. The Morgan fingerprint density at radius 3 is 2.80 bits per heavy atom. The molecule has 1 fully saturated rings. The summed E-state index contributed by atoms with van der Waals surface area (Å²) in [6, 6.07) is 0. The first-order chi connectivity index (χ1) is 9.50. The Balaban J connectivity index is 2.38. The van der Waals surface area contributed by atoms with Crippen LogP contribution in [-0.2, 0) is 4.74 Å². The van der Waals surface area contributed by atoms with E-state index < -0.39 is 0 Å².